The number of nitrogens with zero attached hydrogens (tertiary/aromatic N) is 3. The minimum atomic E-state index is -0.762. The number of rotatable bonds is 5. The van der Waals surface area contributed by atoms with Crippen molar-refractivity contribution >= 4 is 51.4 Å². The molecule has 8 nitrogen and oxygen atoms in total. The van der Waals surface area contributed by atoms with Crippen molar-refractivity contribution in [1.29, 1.82) is 0 Å². The van der Waals surface area contributed by atoms with E-state index in [-0.39, 0.29) is 18.6 Å². The van der Waals surface area contributed by atoms with Crippen molar-refractivity contribution in [3.8, 4) is 16.3 Å². The lowest BCUT2D eigenvalue weighted by Crippen LogP contribution is -2.45. The lowest BCUT2D eigenvalue weighted by molar-refractivity contribution is -0.120. The van der Waals surface area contributed by atoms with Gasteiger partial charge in [-0.15, -0.1) is 22.7 Å². The van der Waals surface area contributed by atoms with Gasteiger partial charge in [0, 0.05) is 16.8 Å². The largest absolute Gasteiger partial charge is 0.488 e. The van der Waals surface area contributed by atoms with Crippen LogP contribution in [0.5, 0.6) is 5.75 Å². The number of carbonyl (C=O) groups excluding carboxylic acids is 2. The highest BCUT2D eigenvalue weighted by atomic mass is 35.5. The number of thiazole rings is 2. The number of likely N-dealkylation sites (tertiary alicyclic amines) is 1. The summed E-state index contributed by atoms with van der Waals surface area (Å²) in [4.78, 5) is 37.6. The lowest BCUT2D eigenvalue weighted by Gasteiger charge is -2.27. The first-order valence-corrected chi connectivity index (χ1v) is 13.2. The second-order valence-electron chi connectivity index (χ2n) is 9.25. The molecule has 1 fully saturated rings. The van der Waals surface area contributed by atoms with Crippen LogP contribution in [0.1, 0.15) is 37.9 Å². The zero-order valence-electron chi connectivity index (χ0n) is 20.1. The molecule has 4 rings (SSSR count). The Morgan fingerprint density at radius 3 is 2.51 bits per heavy atom. The fourth-order valence-electron chi connectivity index (χ4n) is 3.75. The van der Waals surface area contributed by atoms with Crippen molar-refractivity contribution < 1.29 is 19.1 Å². The maximum absolute atomic E-state index is 13.3. The molecule has 0 aliphatic carbocycles. The fraction of sp³-hybridized carbons (Fsp3) is 0.417. The Morgan fingerprint density at radius 1 is 1.17 bits per heavy atom. The summed E-state index contributed by atoms with van der Waals surface area (Å²) >= 11 is 8.86. The molecule has 1 aliphatic heterocycles. The molecule has 1 N–H and O–H groups in total. The van der Waals surface area contributed by atoms with E-state index in [0.717, 1.165) is 21.3 Å². The van der Waals surface area contributed by atoms with Crippen LogP contribution in [0.2, 0.25) is 5.02 Å². The molecule has 1 saturated heterocycles. The molecule has 1 aromatic carbocycles. The van der Waals surface area contributed by atoms with Gasteiger partial charge in [0.2, 0.25) is 5.91 Å². The van der Waals surface area contributed by atoms with Crippen molar-refractivity contribution in [1.82, 2.24) is 14.9 Å². The van der Waals surface area contributed by atoms with Gasteiger partial charge in [0.25, 0.3) is 0 Å². The first-order valence-electron chi connectivity index (χ1n) is 11.1. The normalized spacial score (nSPS) is 17.9. The Kier molecular flexibility index (Phi) is 7.35. The van der Waals surface area contributed by atoms with Crippen LogP contribution in [-0.2, 0) is 9.53 Å². The predicted molar refractivity (Wildman–Crippen MR) is 139 cm³/mol. The Labute approximate surface area is 217 Å². The van der Waals surface area contributed by atoms with Gasteiger partial charge in [-0.1, -0.05) is 11.6 Å². The Hall–Kier alpha value is -2.69. The number of carbonyl (C=O) groups is 2. The number of amides is 2. The highest BCUT2D eigenvalue weighted by Crippen LogP contribution is 2.33. The topological polar surface area (TPSA) is 93.7 Å². The van der Waals surface area contributed by atoms with E-state index >= 15 is 0 Å². The Balaban J connectivity index is 1.50. The molecule has 0 radical (unpaired) electrons. The summed E-state index contributed by atoms with van der Waals surface area (Å²) < 4.78 is 11.6. The van der Waals surface area contributed by atoms with E-state index in [9.17, 15) is 9.59 Å². The minimum Gasteiger partial charge on any atom is -0.488 e. The maximum Gasteiger partial charge on any atom is 0.411 e. The number of nitrogens with one attached hydrogen (secondary N) is 1. The highest BCUT2D eigenvalue weighted by Gasteiger charge is 2.43. The molecular formula is C24H27ClN4O4S2. The zero-order chi connectivity index (χ0) is 25.3. The fourth-order valence-corrected chi connectivity index (χ4v) is 5.54. The monoisotopic (exact) mass is 534 g/mol. The van der Waals surface area contributed by atoms with Crippen molar-refractivity contribution in [3.05, 3.63) is 45.4 Å². The van der Waals surface area contributed by atoms with Crippen LogP contribution in [0.4, 0.5) is 9.93 Å². The van der Waals surface area contributed by atoms with E-state index in [1.54, 1.807) is 56.4 Å². The van der Waals surface area contributed by atoms with Crippen molar-refractivity contribution in [2.45, 2.75) is 58.8 Å². The van der Waals surface area contributed by atoms with Gasteiger partial charge in [-0.2, -0.15) is 0 Å². The number of hydrogen-bond acceptors (Lipinski definition) is 8. The second kappa shape index (κ2) is 10.1. The third-order valence-corrected chi connectivity index (χ3v) is 7.29. The Bertz CT molecular complexity index is 1220. The summed E-state index contributed by atoms with van der Waals surface area (Å²) in [7, 11) is 0. The number of hydrogen-bond donors (Lipinski definition) is 1. The van der Waals surface area contributed by atoms with Crippen LogP contribution >= 0.6 is 34.3 Å². The molecule has 3 aromatic rings. The predicted octanol–water partition coefficient (Wildman–Crippen LogP) is 5.93. The quantitative estimate of drug-likeness (QED) is 0.436. The number of aromatic nitrogens is 2. The smallest absolute Gasteiger partial charge is 0.411 e. The molecule has 0 saturated carbocycles. The SMILES string of the molecule is Cc1nc(C)c(-c2csc(NC(=O)[C@@H]3C[C@H](Oc4ccc(Cl)cc4)CN3C(=O)OC(C)(C)C)n2)s1. The summed E-state index contributed by atoms with van der Waals surface area (Å²) in [5, 5.41) is 6.78. The summed E-state index contributed by atoms with van der Waals surface area (Å²) in [6, 6.07) is 6.21. The van der Waals surface area contributed by atoms with Gasteiger partial charge in [-0.3, -0.25) is 9.69 Å². The van der Waals surface area contributed by atoms with E-state index in [2.05, 4.69) is 15.3 Å². The van der Waals surface area contributed by atoms with Crippen molar-refractivity contribution in [2.24, 2.45) is 0 Å². The highest BCUT2D eigenvalue weighted by molar-refractivity contribution is 7.16. The third kappa shape index (κ3) is 6.31. The molecule has 186 valence electrons. The molecule has 0 unspecified atom stereocenters. The summed E-state index contributed by atoms with van der Waals surface area (Å²) in [5.74, 6) is 0.278. The van der Waals surface area contributed by atoms with Crippen LogP contribution in [0.15, 0.2) is 29.6 Å². The van der Waals surface area contributed by atoms with E-state index in [4.69, 9.17) is 21.1 Å². The van der Waals surface area contributed by atoms with Crippen LogP contribution in [0, 0.1) is 13.8 Å². The Morgan fingerprint density at radius 2 is 1.89 bits per heavy atom. The average Bonchev–Trinajstić information content (AvgIpc) is 3.47. The standard InChI is InChI=1S/C24H27ClN4O4S2/c1-13-20(35-14(2)26-13)18-12-34-22(27-18)28-21(30)19-10-17(32-16-8-6-15(25)7-9-16)11-29(19)23(31)33-24(3,4)5/h6-9,12,17,19H,10-11H2,1-5H3,(H,27,28,30)/t17-,19-/m0/s1. The van der Waals surface area contributed by atoms with Gasteiger partial charge < -0.3 is 14.8 Å². The molecule has 1 aliphatic rings. The zero-order valence-corrected chi connectivity index (χ0v) is 22.5. The van der Waals surface area contributed by atoms with Crippen molar-refractivity contribution in [2.75, 3.05) is 11.9 Å². The van der Waals surface area contributed by atoms with Gasteiger partial charge in [0.1, 0.15) is 23.5 Å². The summed E-state index contributed by atoms with van der Waals surface area (Å²) in [6.07, 6.45) is -0.622. The molecule has 0 bridgehead atoms. The number of ether oxygens (including phenoxy) is 2. The van der Waals surface area contributed by atoms with Crippen LogP contribution in [0.3, 0.4) is 0 Å². The van der Waals surface area contributed by atoms with Crippen molar-refractivity contribution in [3.63, 3.8) is 0 Å². The summed E-state index contributed by atoms with van der Waals surface area (Å²) in [6.45, 7) is 9.48. The van der Waals surface area contributed by atoms with E-state index in [0.29, 0.717) is 22.3 Å². The molecule has 2 amide bonds. The van der Waals surface area contributed by atoms with Crippen LogP contribution in [-0.4, -0.2) is 51.2 Å². The molecule has 2 aromatic heterocycles. The molecule has 11 heteroatoms. The van der Waals surface area contributed by atoms with E-state index in [1.807, 2.05) is 19.2 Å². The number of benzene rings is 1. The van der Waals surface area contributed by atoms with Crippen LogP contribution < -0.4 is 10.1 Å². The van der Waals surface area contributed by atoms with Crippen LogP contribution in [0.25, 0.3) is 10.6 Å². The van der Waals surface area contributed by atoms with Gasteiger partial charge >= 0.3 is 6.09 Å². The van der Waals surface area contributed by atoms with Gasteiger partial charge in [0.15, 0.2) is 5.13 Å². The lowest BCUT2D eigenvalue weighted by atomic mass is 10.2. The molecule has 35 heavy (non-hydrogen) atoms. The number of aryl methyl sites for hydroxylation is 2. The summed E-state index contributed by atoms with van der Waals surface area (Å²) in [5.41, 5.74) is 0.986. The van der Waals surface area contributed by atoms with Gasteiger partial charge in [-0.25, -0.2) is 14.8 Å². The first-order chi connectivity index (χ1) is 16.5. The first kappa shape index (κ1) is 25.4. The molecular weight excluding hydrogens is 508 g/mol. The van der Waals surface area contributed by atoms with E-state index < -0.39 is 17.7 Å². The third-order valence-electron chi connectivity index (χ3n) is 5.18. The molecule has 0 spiro atoms. The molecule has 2 atom stereocenters. The maximum atomic E-state index is 13.3. The second-order valence-corrected chi connectivity index (χ2v) is 11.8. The number of anilines is 1. The van der Waals surface area contributed by atoms with Gasteiger partial charge in [-0.05, 0) is 58.9 Å². The number of halogens is 1. The van der Waals surface area contributed by atoms with E-state index in [1.165, 1.54) is 16.2 Å². The molecule has 3 heterocycles. The average molecular weight is 535 g/mol. The van der Waals surface area contributed by atoms with Gasteiger partial charge in [0.05, 0.1) is 27.8 Å². The minimum absolute atomic E-state index is 0.220.